The summed E-state index contributed by atoms with van der Waals surface area (Å²) in [5.74, 6) is -1.60. The smallest absolute Gasteiger partial charge is 0.339 e. The van der Waals surface area contributed by atoms with Crippen molar-refractivity contribution >= 4 is 11.9 Å². The van der Waals surface area contributed by atoms with E-state index in [1.54, 1.807) is 28.9 Å². The zero-order chi connectivity index (χ0) is 15.0. The first kappa shape index (κ1) is 13.4. The van der Waals surface area contributed by atoms with Crippen molar-refractivity contribution in [1.82, 2.24) is 9.78 Å². The summed E-state index contributed by atoms with van der Waals surface area (Å²) in [6.45, 7) is 0. The van der Waals surface area contributed by atoms with E-state index < -0.39 is 11.9 Å². The Labute approximate surface area is 120 Å². The first-order valence-electron chi connectivity index (χ1n) is 6.68. The molecule has 0 radical (unpaired) electrons. The quantitative estimate of drug-likeness (QED) is 0.877. The van der Waals surface area contributed by atoms with Crippen molar-refractivity contribution < 1.29 is 19.8 Å². The highest BCUT2D eigenvalue weighted by molar-refractivity contribution is 5.89. The Balaban J connectivity index is 1.96. The minimum absolute atomic E-state index is 0.0325. The van der Waals surface area contributed by atoms with Crippen LogP contribution in [0.1, 0.15) is 40.4 Å². The van der Waals surface area contributed by atoms with Crippen LogP contribution in [0.4, 0.5) is 0 Å². The molecule has 21 heavy (non-hydrogen) atoms. The summed E-state index contributed by atoms with van der Waals surface area (Å²) >= 11 is 0. The van der Waals surface area contributed by atoms with Crippen molar-refractivity contribution in [3.05, 3.63) is 47.3 Å². The maximum absolute atomic E-state index is 11.3. The lowest BCUT2D eigenvalue weighted by Crippen LogP contribution is -2.06. The van der Waals surface area contributed by atoms with Gasteiger partial charge in [-0.15, -0.1) is 0 Å². The molecular formula is C15H14N2O4. The molecule has 3 rings (SSSR count). The van der Waals surface area contributed by atoms with Gasteiger partial charge in [-0.3, -0.25) is 4.79 Å². The molecule has 0 amide bonds. The maximum atomic E-state index is 11.3. The van der Waals surface area contributed by atoms with E-state index in [1.165, 1.54) is 6.20 Å². The van der Waals surface area contributed by atoms with Gasteiger partial charge in [-0.05, 0) is 30.5 Å². The fourth-order valence-electron chi connectivity index (χ4n) is 2.41. The Kier molecular flexibility index (Phi) is 3.21. The highest BCUT2D eigenvalue weighted by Gasteiger charge is 2.32. The summed E-state index contributed by atoms with van der Waals surface area (Å²) in [6.07, 6.45) is 3.29. The van der Waals surface area contributed by atoms with E-state index in [0.717, 1.165) is 24.2 Å². The first-order chi connectivity index (χ1) is 10.1. The normalized spacial score (nSPS) is 14.1. The highest BCUT2D eigenvalue weighted by atomic mass is 16.4. The average molecular weight is 286 g/mol. The number of carboxylic acids is 2. The molecule has 1 saturated carbocycles. The summed E-state index contributed by atoms with van der Waals surface area (Å²) in [5, 5.41) is 22.2. The van der Waals surface area contributed by atoms with Crippen LogP contribution in [0.15, 0.2) is 30.5 Å². The first-order valence-corrected chi connectivity index (χ1v) is 6.68. The van der Waals surface area contributed by atoms with Crippen molar-refractivity contribution in [2.24, 2.45) is 0 Å². The molecular weight excluding hydrogens is 272 g/mol. The van der Waals surface area contributed by atoms with Crippen LogP contribution in [0.25, 0.3) is 5.69 Å². The van der Waals surface area contributed by atoms with E-state index >= 15 is 0 Å². The zero-order valence-corrected chi connectivity index (χ0v) is 11.2. The summed E-state index contributed by atoms with van der Waals surface area (Å²) in [7, 11) is 0. The largest absolute Gasteiger partial charge is 0.481 e. The number of carboxylic acid groups (broad SMARTS) is 2. The van der Waals surface area contributed by atoms with Crippen molar-refractivity contribution in [2.45, 2.75) is 25.2 Å². The van der Waals surface area contributed by atoms with Crippen molar-refractivity contribution in [3.8, 4) is 5.69 Å². The molecule has 2 N–H and O–H groups in total. The van der Waals surface area contributed by atoms with E-state index in [9.17, 15) is 14.7 Å². The lowest BCUT2D eigenvalue weighted by Gasteiger charge is -2.08. The number of nitrogens with zero attached hydrogens (tertiary/aromatic N) is 2. The minimum Gasteiger partial charge on any atom is -0.481 e. The van der Waals surface area contributed by atoms with E-state index in [2.05, 4.69) is 5.10 Å². The number of hydrogen-bond acceptors (Lipinski definition) is 3. The number of aromatic carboxylic acids is 1. The molecule has 0 atom stereocenters. The molecule has 1 aromatic carbocycles. The number of benzene rings is 1. The third kappa shape index (κ3) is 2.65. The molecule has 6 heteroatoms. The Bertz CT molecular complexity index is 699. The van der Waals surface area contributed by atoms with E-state index in [-0.39, 0.29) is 17.9 Å². The molecule has 0 bridgehead atoms. The van der Waals surface area contributed by atoms with Crippen molar-refractivity contribution in [1.29, 1.82) is 0 Å². The maximum Gasteiger partial charge on any atom is 0.339 e. The van der Waals surface area contributed by atoms with E-state index in [4.69, 9.17) is 5.11 Å². The van der Waals surface area contributed by atoms with Gasteiger partial charge in [-0.2, -0.15) is 5.10 Å². The summed E-state index contributed by atoms with van der Waals surface area (Å²) in [6, 6.07) is 6.98. The molecule has 0 unspecified atom stereocenters. The van der Waals surface area contributed by atoms with Crippen LogP contribution in [-0.2, 0) is 11.2 Å². The lowest BCUT2D eigenvalue weighted by atomic mass is 10.1. The van der Waals surface area contributed by atoms with E-state index in [1.807, 2.05) is 0 Å². The topological polar surface area (TPSA) is 92.4 Å². The Morgan fingerprint density at radius 3 is 2.38 bits per heavy atom. The predicted molar refractivity (Wildman–Crippen MR) is 73.8 cm³/mol. The molecule has 1 heterocycles. The van der Waals surface area contributed by atoms with Gasteiger partial charge in [0.2, 0.25) is 0 Å². The van der Waals surface area contributed by atoms with Crippen LogP contribution in [0.5, 0.6) is 0 Å². The SMILES string of the molecule is O=C(O)Cc1ccc(-n2ncc(C(=O)O)c2C2CC2)cc1. The number of aromatic nitrogens is 2. The van der Waals surface area contributed by atoms with Crippen LogP contribution in [-0.4, -0.2) is 31.9 Å². The molecule has 6 nitrogen and oxygen atoms in total. The van der Waals surface area contributed by atoms with Crippen LogP contribution in [0.2, 0.25) is 0 Å². The standard InChI is InChI=1S/C15H14N2O4/c18-13(19)7-9-1-5-11(6-2-9)17-14(10-3-4-10)12(8-16-17)15(20)21/h1-2,5-6,8,10H,3-4,7H2,(H,18,19)(H,20,21). The third-order valence-corrected chi connectivity index (χ3v) is 3.54. The third-order valence-electron chi connectivity index (χ3n) is 3.54. The second-order valence-corrected chi connectivity index (χ2v) is 5.17. The summed E-state index contributed by atoms with van der Waals surface area (Å²) in [4.78, 5) is 21.9. The predicted octanol–water partition coefficient (Wildman–Crippen LogP) is 2.08. The average Bonchev–Trinajstić information content (AvgIpc) is 3.17. The zero-order valence-electron chi connectivity index (χ0n) is 11.2. The van der Waals surface area contributed by atoms with Crippen molar-refractivity contribution in [2.75, 3.05) is 0 Å². The number of carbonyl (C=O) groups is 2. The van der Waals surface area contributed by atoms with Gasteiger partial charge in [0.1, 0.15) is 5.56 Å². The van der Waals surface area contributed by atoms with Crippen LogP contribution >= 0.6 is 0 Å². The molecule has 1 aliphatic carbocycles. The van der Waals surface area contributed by atoms with E-state index in [0.29, 0.717) is 5.56 Å². The number of aliphatic carboxylic acids is 1. The molecule has 0 aliphatic heterocycles. The number of rotatable bonds is 5. The van der Waals surface area contributed by atoms with Gasteiger partial charge in [0.25, 0.3) is 0 Å². The number of hydrogen-bond donors (Lipinski definition) is 2. The fraction of sp³-hybridized carbons (Fsp3) is 0.267. The fourth-order valence-corrected chi connectivity index (χ4v) is 2.41. The van der Waals surface area contributed by atoms with Gasteiger partial charge in [-0.25, -0.2) is 9.48 Å². The van der Waals surface area contributed by atoms with Crippen LogP contribution < -0.4 is 0 Å². The lowest BCUT2D eigenvalue weighted by molar-refractivity contribution is -0.136. The second kappa shape index (κ2) is 5.05. The van der Waals surface area contributed by atoms with Crippen LogP contribution in [0.3, 0.4) is 0 Å². The van der Waals surface area contributed by atoms with Gasteiger partial charge in [0.15, 0.2) is 0 Å². The van der Waals surface area contributed by atoms with Crippen LogP contribution in [0, 0.1) is 0 Å². The molecule has 2 aromatic rings. The second-order valence-electron chi connectivity index (χ2n) is 5.17. The highest BCUT2D eigenvalue weighted by Crippen LogP contribution is 2.42. The Hall–Kier alpha value is -2.63. The minimum atomic E-state index is -0.967. The van der Waals surface area contributed by atoms with Gasteiger partial charge in [0, 0.05) is 5.92 Å². The Morgan fingerprint density at radius 1 is 1.19 bits per heavy atom. The summed E-state index contributed by atoms with van der Waals surface area (Å²) < 4.78 is 1.64. The Morgan fingerprint density at radius 2 is 1.86 bits per heavy atom. The molecule has 1 aromatic heterocycles. The summed E-state index contributed by atoms with van der Waals surface area (Å²) in [5.41, 5.74) is 2.42. The van der Waals surface area contributed by atoms with Gasteiger partial charge < -0.3 is 10.2 Å². The van der Waals surface area contributed by atoms with Gasteiger partial charge in [-0.1, -0.05) is 12.1 Å². The molecule has 1 fully saturated rings. The van der Waals surface area contributed by atoms with Crippen molar-refractivity contribution in [3.63, 3.8) is 0 Å². The molecule has 0 saturated heterocycles. The monoisotopic (exact) mass is 286 g/mol. The van der Waals surface area contributed by atoms with Gasteiger partial charge >= 0.3 is 11.9 Å². The molecule has 108 valence electrons. The van der Waals surface area contributed by atoms with Gasteiger partial charge in [0.05, 0.1) is 24.0 Å². The molecule has 0 spiro atoms. The molecule has 1 aliphatic rings.